The minimum absolute atomic E-state index is 0. The van der Waals surface area contributed by atoms with Crippen molar-refractivity contribution >= 4 is 18.3 Å². The Hall–Kier alpha value is -0.320. The van der Waals surface area contributed by atoms with Gasteiger partial charge in [-0.15, -0.1) is 12.4 Å². The summed E-state index contributed by atoms with van der Waals surface area (Å²) in [7, 11) is 0. The maximum atomic E-state index is 12.1. The molecule has 1 amide bonds. The molecule has 1 aliphatic heterocycles. The van der Waals surface area contributed by atoms with Gasteiger partial charge in [0.2, 0.25) is 5.91 Å². The number of hydrogen-bond donors (Lipinski definition) is 2. The van der Waals surface area contributed by atoms with Crippen molar-refractivity contribution < 1.29 is 9.53 Å². The molecule has 2 aliphatic rings. The van der Waals surface area contributed by atoms with Crippen LogP contribution in [0.4, 0.5) is 0 Å². The van der Waals surface area contributed by atoms with E-state index in [-0.39, 0.29) is 36.6 Å². The van der Waals surface area contributed by atoms with Crippen LogP contribution in [-0.2, 0) is 9.53 Å². The lowest BCUT2D eigenvalue weighted by molar-refractivity contribution is -0.136. The maximum Gasteiger partial charge on any atom is 0.249 e. The predicted octanol–water partition coefficient (Wildman–Crippen LogP) is 2.40. The lowest BCUT2D eigenvalue weighted by atomic mass is 10.1. The molecule has 0 radical (unpaired) electrons. The summed E-state index contributed by atoms with van der Waals surface area (Å²) in [4.78, 5) is 12.1. The van der Waals surface area contributed by atoms with E-state index in [1.165, 1.54) is 25.7 Å². The highest BCUT2D eigenvalue weighted by Gasteiger charge is 2.23. The minimum Gasteiger partial charge on any atom is -0.365 e. The van der Waals surface area contributed by atoms with E-state index in [0.717, 1.165) is 38.8 Å². The molecule has 2 N–H and O–H groups in total. The molecule has 4 nitrogen and oxygen atoms in total. The number of carbonyl (C=O) groups is 1. The van der Waals surface area contributed by atoms with Crippen LogP contribution < -0.4 is 10.6 Å². The summed E-state index contributed by atoms with van der Waals surface area (Å²) >= 11 is 0. The third-order valence-corrected chi connectivity index (χ3v) is 4.21. The van der Waals surface area contributed by atoms with E-state index in [9.17, 15) is 4.79 Å². The molecule has 1 heterocycles. The van der Waals surface area contributed by atoms with E-state index in [1.807, 2.05) is 6.92 Å². The Balaban J connectivity index is 0.00000200. The number of carbonyl (C=O) groups excluding carboxylic acids is 1. The number of amides is 1. The van der Waals surface area contributed by atoms with Crippen molar-refractivity contribution in [1.29, 1.82) is 0 Å². The monoisotopic (exact) mass is 304 g/mol. The molecule has 0 bridgehead atoms. The standard InChI is InChI=1S/C15H28N2O2.ClH/c1-12(19-14-8-4-2-3-5-9-14)15(18)17-13-7-6-10-16-11-13;/h12-14,16H,2-11H2,1H3,(H,17,18);1H. The fraction of sp³-hybridized carbons (Fsp3) is 0.933. The molecule has 1 saturated heterocycles. The summed E-state index contributed by atoms with van der Waals surface area (Å²) in [5, 5.41) is 6.41. The van der Waals surface area contributed by atoms with E-state index in [0.29, 0.717) is 0 Å². The Bertz CT molecular complexity index is 275. The van der Waals surface area contributed by atoms with Gasteiger partial charge >= 0.3 is 0 Å². The van der Waals surface area contributed by atoms with E-state index in [2.05, 4.69) is 10.6 Å². The van der Waals surface area contributed by atoms with Gasteiger partial charge in [-0.05, 0) is 39.2 Å². The summed E-state index contributed by atoms with van der Waals surface area (Å²) in [5.41, 5.74) is 0. The van der Waals surface area contributed by atoms with Crippen LogP contribution in [0.5, 0.6) is 0 Å². The van der Waals surface area contributed by atoms with Gasteiger partial charge in [0.1, 0.15) is 6.10 Å². The van der Waals surface area contributed by atoms with Crippen molar-refractivity contribution in [2.24, 2.45) is 0 Å². The normalized spacial score (nSPS) is 26.1. The summed E-state index contributed by atoms with van der Waals surface area (Å²) in [6, 6.07) is 0.279. The third-order valence-electron chi connectivity index (χ3n) is 4.21. The van der Waals surface area contributed by atoms with Gasteiger partial charge in [-0.1, -0.05) is 25.7 Å². The molecule has 118 valence electrons. The second-order valence-electron chi connectivity index (χ2n) is 5.94. The Kier molecular flexibility index (Phi) is 8.50. The second kappa shape index (κ2) is 9.59. The molecule has 1 saturated carbocycles. The Labute approximate surface area is 128 Å². The average molecular weight is 305 g/mol. The quantitative estimate of drug-likeness (QED) is 0.784. The van der Waals surface area contributed by atoms with E-state index < -0.39 is 0 Å². The van der Waals surface area contributed by atoms with Gasteiger partial charge in [0.05, 0.1) is 6.10 Å². The van der Waals surface area contributed by atoms with Crippen molar-refractivity contribution in [3.63, 3.8) is 0 Å². The molecule has 2 rings (SSSR count). The summed E-state index contributed by atoms with van der Waals surface area (Å²) in [6.07, 6.45) is 9.53. The van der Waals surface area contributed by atoms with Crippen molar-refractivity contribution in [3.8, 4) is 0 Å². The fourth-order valence-electron chi connectivity index (χ4n) is 3.02. The molecule has 0 aromatic carbocycles. The number of nitrogens with one attached hydrogen (secondary N) is 2. The Morgan fingerprint density at radius 3 is 2.45 bits per heavy atom. The Morgan fingerprint density at radius 1 is 1.15 bits per heavy atom. The number of hydrogen-bond acceptors (Lipinski definition) is 3. The van der Waals surface area contributed by atoms with E-state index in [4.69, 9.17) is 4.74 Å². The highest BCUT2D eigenvalue weighted by atomic mass is 35.5. The topological polar surface area (TPSA) is 50.4 Å². The zero-order chi connectivity index (χ0) is 13.5. The zero-order valence-corrected chi connectivity index (χ0v) is 13.3. The van der Waals surface area contributed by atoms with Gasteiger partial charge in [-0.3, -0.25) is 4.79 Å². The fourth-order valence-corrected chi connectivity index (χ4v) is 3.02. The first kappa shape index (κ1) is 17.7. The zero-order valence-electron chi connectivity index (χ0n) is 12.5. The van der Waals surface area contributed by atoms with Crippen LogP contribution >= 0.6 is 12.4 Å². The molecule has 1 aliphatic carbocycles. The van der Waals surface area contributed by atoms with E-state index >= 15 is 0 Å². The van der Waals surface area contributed by atoms with Crippen molar-refractivity contribution in [3.05, 3.63) is 0 Å². The molecular formula is C15H29ClN2O2. The molecule has 2 unspecified atom stereocenters. The smallest absolute Gasteiger partial charge is 0.249 e. The van der Waals surface area contributed by atoms with Crippen LogP contribution in [0.1, 0.15) is 58.3 Å². The third kappa shape index (κ3) is 5.98. The molecule has 2 atom stereocenters. The number of piperidine rings is 1. The van der Waals surface area contributed by atoms with Gasteiger partial charge < -0.3 is 15.4 Å². The summed E-state index contributed by atoms with van der Waals surface area (Å²) < 4.78 is 5.94. The molecule has 0 spiro atoms. The van der Waals surface area contributed by atoms with Gasteiger partial charge in [0, 0.05) is 12.6 Å². The first-order valence-corrected chi connectivity index (χ1v) is 7.92. The van der Waals surface area contributed by atoms with Crippen LogP contribution in [0, 0.1) is 0 Å². The van der Waals surface area contributed by atoms with Crippen molar-refractivity contribution in [2.45, 2.75) is 76.5 Å². The first-order chi connectivity index (χ1) is 9.25. The Morgan fingerprint density at radius 2 is 1.85 bits per heavy atom. The summed E-state index contributed by atoms with van der Waals surface area (Å²) in [6.45, 7) is 3.85. The minimum atomic E-state index is -0.315. The largest absolute Gasteiger partial charge is 0.365 e. The van der Waals surface area contributed by atoms with Crippen LogP contribution in [-0.4, -0.2) is 37.2 Å². The van der Waals surface area contributed by atoms with E-state index in [1.54, 1.807) is 0 Å². The molecule has 2 fully saturated rings. The predicted molar refractivity (Wildman–Crippen MR) is 83.3 cm³/mol. The molecule has 20 heavy (non-hydrogen) atoms. The summed E-state index contributed by atoms with van der Waals surface area (Å²) in [5.74, 6) is 0.0537. The van der Waals surface area contributed by atoms with Crippen molar-refractivity contribution in [2.75, 3.05) is 13.1 Å². The molecule has 5 heteroatoms. The van der Waals surface area contributed by atoms with Crippen LogP contribution in [0.2, 0.25) is 0 Å². The molecule has 0 aromatic heterocycles. The highest BCUT2D eigenvalue weighted by Crippen LogP contribution is 2.21. The second-order valence-corrected chi connectivity index (χ2v) is 5.94. The van der Waals surface area contributed by atoms with Gasteiger partial charge in [0.25, 0.3) is 0 Å². The first-order valence-electron chi connectivity index (χ1n) is 7.92. The number of halogens is 1. The number of rotatable bonds is 4. The lowest BCUT2D eigenvalue weighted by Gasteiger charge is -2.26. The maximum absolute atomic E-state index is 12.1. The van der Waals surface area contributed by atoms with Crippen LogP contribution in [0.3, 0.4) is 0 Å². The molecular weight excluding hydrogens is 276 g/mol. The average Bonchev–Trinajstić information content (AvgIpc) is 2.68. The van der Waals surface area contributed by atoms with Crippen LogP contribution in [0.25, 0.3) is 0 Å². The van der Waals surface area contributed by atoms with Gasteiger partial charge in [-0.2, -0.15) is 0 Å². The molecule has 0 aromatic rings. The van der Waals surface area contributed by atoms with Crippen molar-refractivity contribution in [1.82, 2.24) is 10.6 Å². The number of ether oxygens (including phenoxy) is 1. The highest BCUT2D eigenvalue weighted by molar-refractivity contribution is 5.85. The lowest BCUT2D eigenvalue weighted by Crippen LogP contribution is -2.49. The van der Waals surface area contributed by atoms with Crippen LogP contribution in [0.15, 0.2) is 0 Å². The van der Waals surface area contributed by atoms with Gasteiger partial charge in [0.15, 0.2) is 0 Å². The SMILES string of the molecule is CC(OC1CCCCCC1)C(=O)NC1CCCNC1.Cl. The van der Waals surface area contributed by atoms with Gasteiger partial charge in [-0.25, -0.2) is 0 Å².